The number of ketones is 1. The zero-order chi connectivity index (χ0) is 35.9. The third-order valence-corrected chi connectivity index (χ3v) is 13.9. The van der Waals surface area contributed by atoms with Crippen molar-refractivity contribution in [2.24, 2.45) is 11.8 Å². The molecule has 12 bridgehead atoms. The zero-order valence-electron chi connectivity index (χ0n) is 30.7. The monoisotopic (exact) mass is 730 g/mol. The van der Waals surface area contributed by atoms with E-state index in [4.69, 9.17) is 42.6 Å². The van der Waals surface area contributed by atoms with Gasteiger partial charge in [-0.1, -0.05) is 20.1 Å². The molecule has 0 aromatic rings. The third kappa shape index (κ3) is 6.59. The van der Waals surface area contributed by atoms with Crippen LogP contribution in [0.3, 0.4) is 0 Å². The van der Waals surface area contributed by atoms with Crippen molar-refractivity contribution in [3.8, 4) is 0 Å². The van der Waals surface area contributed by atoms with Crippen LogP contribution in [0.15, 0.2) is 24.3 Å². The Bertz CT molecular complexity index is 1370. The normalized spacial score (nSPS) is 52.4. The van der Waals surface area contributed by atoms with Crippen LogP contribution in [0.25, 0.3) is 0 Å². The fraction of sp³-hybridized carbons (Fsp3) is 0.875. The number of carbonyl (C=O) groups is 1. The van der Waals surface area contributed by atoms with E-state index in [2.05, 4.69) is 20.1 Å². The molecule has 2 N–H and O–H groups in total. The van der Waals surface area contributed by atoms with Gasteiger partial charge in [0.05, 0.1) is 73.8 Å². The molecule has 13 unspecified atom stereocenters. The number of hydrogen-bond acceptors (Lipinski definition) is 12. The van der Waals surface area contributed by atoms with Gasteiger partial charge >= 0.3 is 0 Å². The minimum Gasteiger partial charge on any atom is -0.394 e. The molecule has 10 heterocycles. The lowest BCUT2D eigenvalue weighted by atomic mass is 9.81. The van der Waals surface area contributed by atoms with E-state index in [1.807, 2.05) is 0 Å². The Balaban J connectivity index is 0.994. The van der Waals surface area contributed by atoms with E-state index >= 15 is 0 Å². The molecule has 0 saturated carbocycles. The molecule has 19 atom stereocenters. The molecule has 1 spiro atoms. The van der Waals surface area contributed by atoms with Crippen molar-refractivity contribution < 1.29 is 57.6 Å². The molecule has 0 radical (unpaired) electrons. The molecular weight excluding hydrogens is 672 g/mol. The molecule has 52 heavy (non-hydrogen) atoms. The van der Waals surface area contributed by atoms with Gasteiger partial charge in [0.1, 0.15) is 36.3 Å². The molecule has 290 valence electrons. The van der Waals surface area contributed by atoms with Gasteiger partial charge in [-0.15, -0.1) is 0 Å². The molecule has 0 aromatic heterocycles. The lowest BCUT2D eigenvalue weighted by molar-refractivity contribution is -0.292. The Morgan fingerprint density at radius 1 is 0.788 bits per heavy atom. The molecule has 10 aliphatic heterocycles. The Morgan fingerprint density at radius 2 is 1.54 bits per heavy atom. The Kier molecular flexibility index (Phi) is 10.0. The van der Waals surface area contributed by atoms with Crippen LogP contribution in [-0.2, 0) is 47.4 Å². The van der Waals surface area contributed by atoms with Crippen LogP contribution in [0.1, 0.15) is 90.4 Å². The van der Waals surface area contributed by atoms with Crippen LogP contribution >= 0.6 is 0 Å². The van der Waals surface area contributed by atoms with E-state index in [1.54, 1.807) is 7.11 Å². The average molecular weight is 731 g/mol. The highest BCUT2D eigenvalue weighted by molar-refractivity contribution is 5.79. The van der Waals surface area contributed by atoms with Gasteiger partial charge in [0.25, 0.3) is 0 Å². The number of rotatable bonds is 4. The first-order valence-electron chi connectivity index (χ1n) is 20.1. The van der Waals surface area contributed by atoms with Crippen LogP contribution in [0.4, 0.5) is 0 Å². The van der Waals surface area contributed by atoms with E-state index < -0.39 is 24.1 Å². The standard InChI is InChI=1S/C40H58O12/c1-19-11-24-5-7-28-20(2)12-26(45-28)9-10-40-17-33-36(51-40)37-38(50-33)39(52-40)35-29(49-37)8-6-25(47-35)13-22(42)14-27-31(16-30(46-24)21(19)3)48-32(34(27)44-4)15-23(43)18-41/h19,23-39,41,43H,2-3,5-18H2,1,4H3/t19-,23?,24?,25?,26?,27?,28?,29?,30?,31?,32?,33-,34-,35+,36?,37+,38?,39?,40+/m1/s1. The van der Waals surface area contributed by atoms with Crippen molar-refractivity contribution in [2.75, 3.05) is 13.7 Å². The van der Waals surface area contributed by atoms with Gasteiger partial charge in [0.15, 0.2) is 5.79 Å². The van der Waals surface area contributed by atoms with Gasteiger partial charge in [-0.2, -0.15) is 0 Å². The average Bonchev–Trinajstić information content (AvgIpc) is 3.79. The van der Waals surface area contributed by atoms with Gasteiger partial charge in [-0.25, -0.2) is 0 Å². The van der Waals surface area contributed by atoms with Crippen LogP contribution in [-0.4, -0.2) is 133 Å². The summed E-state index contributed by atoms with van der Waals surface area (Å²) >= 11 is 0. The lowest BCUT2D eigenvalue weighted by Crippen LogP contribution is -2.61. The van der Waals surface area contributed by atoms with Crippen molar-refractivity contribution in [1.82, 2.24) is 0 Å². The van der Waals surface area contributed by atoms with Crippen molar-refractivity contribution in [3.63, 3.8) is 0 Å². The number of carbonyl (C=O) groups excluding carboxylic acids is 1. The molecule has 0 amide bonds. The molecule has 0 aliphatic carbocycles. The smallest absolute Gasteiger partial charge is 0.172 e. The van der Waals surface area contributed by atoms with Gasteiger partial charge in [0.2, 0.25) is 0 Å². The predicted molar refractivity (Wildman–Crippen MR) is 184 cm³/mol. The third-order valence-electron chi connectivity index (χ3n) is 13.9. The Morgan fingerprint density at radius 3 is 2.37 bits per heavy atom. The number of fused-ring (bicyclic) bond motifs is 6. The van der Waals surface area contributed by atoms with Crippen LogP contribution in [0, 0.1) is 11.8 Å². The fourth-order valence-electron chi connectivity index (χ4n) is 11.3. The number of aliphatic hydroxyl groups excluding tert-OH is 2. The number of Topliss-reactive ketones (excluding diaryl/α,β-unsaturated/α-hetero) is 1. The highest BCUT2D eigenvalue weighted by Crippen LogP contribution is 2.54. The first-order valence-corrected chi connectivity index (χ1v) is 20.1. The van der Waals surface area contributed by atoms with Gasteiger partial charge in [0, 0.05) is 51.6 Å². The lowest BCUT2D eigenvalue weighted by Gasteiger charge is -2.47. The summed E-state index contributed by atoms with van der Waals surface area (Å²) in [4.78, 5) is 14.0. The minimum absolute atomic E-state index is 0.0260. The first kappa shape index (κ1) is 36.4. The summed E-state index contributed by atoms with van der Waals surface area (Å²) in [6.07, 6.45) is 4.01. The molecule has 10 saturated heterocycles. The predicted octanol–water partition coefficient (Wildman–Crippen LogP) is 3.47. The highest BCUT2D eigenvalue weighted by atomic mass is 16.8. The fourth-order valence-corrected chi connectivity index (χ4v) is 11.3. The maximum absolute atomic E-state index is 14.0. The molecule has 0 aromatic carbocycles. The summed E-state index contributed by atoms with van der Waals surface area (Å²) in [6, 6.07) is 0. The molecule has 10 rings (SSSR count). The largest absolute Gasteiger partial charge is 0.394 e. The summed E-state index contributed by atoms with van der Waals surface area (Å²) in [6.45, 7) is 10.7. The van der Waals surface area contributed by atoms with E-state index in [1.165, 1.54) is 0 Å². The highest BCUT2D eigenvalue weighted by Gasteiger charge is 2.68. The summed E-state index contributed by atoms with van der Waals surface area (Å²) in [5.41, 5.74) is 2.17. The second-order valence-corrected chi connectivity index (χ2v) is 17.4. The second kappa shape index (κ2) is 14.3. The molecular formula is C40H58O12. The second-order valence-electron chi connectivity index (χ2n) is 17.4. The van der Waals surface area contributed by atoms with Crippen LogP contribution < -0.4 is 0 Å². The van der Waals surface area contributed by atoms with E-state index in [-0.39, 0.29) is 123 Å². The van der Waals surface area contributed by atoms with Crippen molar-refractivity contribution in [3.05, 3.63) is 24.3 Å². The van der Waals surface area contributed by atoms with Crippen molar-refractivity contribution in [1.29, 1.82) is 0 Å². The van der Waals surface area contributed by atoms with E-state index in [9.17, 15) is 15.0 Å². The van der Waals surface area contributed by atoms with Gasteiger partial charge in [-0.05, 0) is 62.0 Å². The van der Waals surface area contributed by atoms with Crippen molar-refractivity contribution >= 4 is 5.78 Å². The van der Waals surface area contributed by atoms with Gasteiger partial charge in [-0.3, -0.25) is 4.79 Å². The molecule has 12 nitrogen and oxygen atoms in total. The van der Waals surface area contributed by atoms with Crippen LogP contribution in [0.5, 0.6) is 0 Å². The summed E-state index contributed by atoms with van der Waals surface area (Å²) in [5, 5.41) is 20.1. The van der Waals surface area contributed by atoms with Crippen molar-refractivity contribution in [2.45, 2.75) is 194 Å². The number of hydrogen-bond donors (Lipinski definition) is 2. The first-order chi connectivity index (χ1) is 25.1. The van der Waals surface area contributed by atoms with E-state index in [0.29, 0.717) is 25.7 Å². The minimum atomic E-state index is -0.951. The van der Waals surface area contributed by atoms with E-state index in [0.717, 1.165) is 49.7 Å². The number of aliphatic hydroxyl groups is 2. The summed E-state index contributed by atoms with van der Waals surface area (Å²) in [7, 11) is 1.63. The van der Waals surface area contributed by atoms with Crippen LogP contribution in [0.2, 0.25) is 0 Å². The summed E-state index contributed by atoms with van der Waals surface area (Å²) in [5.74, 6) is -0.709. The SMILES string of the molecule is C=C1CC2CC[C@@]34C[C@H]5OC6C(O3)[C@H]3OC(CCC3O[C@H]6C5O4)CC(=O)CC3C(CC4OC(CCC1O2)C[C@@H](C)C4=C)OC(CC(O)CO)[C@@H]3OC. The quantitative estimate of drug-likeness (QED) is 0.410. The topological polar surface area (TPSA) is 141 Å². The number of methoxy groups -OCH3 is 1. The Hall–Kier alpha value is -1.29. The maximum Gasteiger partial charge on any atom is 0.172 e. The number of ether oxygens (including phenoxy) is 9. The maximum atomic E-state index is 14.0. The van der Waals surface area contributed by atoms with Gasteiger partial charge < -0.3 is 52.8 Å². The zero-order valence-corrected chi connectivity index (χ0v) is 30.7. The Labute approximate surface area is 306 Å². The molecule has 12 heteroatoms. The summed E-state index contributed by atoms with van der Waals surface area (Å²) < 4.78 is 59.8. The molecule has 10 fully saturated rings. The molecule has 10 aliphatic rings.